The molecule has 88 valence electrons. The summed E-state index contributed by atoms with van der Waals surface area (Å²) in [5, 5.41) is 0. The zero-order chi connectivity index (χ0) is 11.5. The molecule has 3 nitrogen and oxygen atoms in total. The van der Waals surface area contributed by atoms with Gasteiger partial charge in [-0.3, -0.25) is 4.79 Å². The Hall–Kier alpha value is -0.570. The first-order valence-electron chi connectivity index (χ1n) is 6.15. The van der Waals surface area contributed by atoms with E-state index in [0.29, 0.717) is 6.04 Å². The van der Waals surface area contributed by atoms with Crippen LogP contribution >= 0.6 is 0 Å². The summed E-state index contributed by atoms with van der Waals surface area (Å²) in [5.74, 6) is 0.172. The molecule has 1 unspecified atom stereocenters. The van der Waals surface area contributed by atoms with Crippen molar-refractivity contribution in [3.8, 4) is 0 Å². The molecule has 1 amide bonds. The van der Waals surface area contributed by atoms with Crippen LogP contribution in [0.1, 0.15) is 52.9 Å². The van der Waals surface area contributed by atoms with Crippen LogP contribution in [-0.4, -0.2) is 28.9 Å². The van der Waals surface area contributed by atoms with Gasteiger partial charge < -0.3 is 10.6 Å². The van der Waals surface area contributed by atoms with E-state index < -0.39 is 5.54 Å². The standard InChI is InChI=1S/C12H24N2O/c1-4-6-9-14(10(3)5-2)11(15)12(13)7-8-12/h10H,4-9,13H2,1-3H3. The van der Waals surface area contributed by atoms with Crippen molar-refractivity contribution >= 4 is 5.91 Å². The molecule has 1 aliphatic carbocycles. The van der Waals surface area contributed by atoms with Crippen molar-refractivity contribution in [3.63, 3.8) is 0 Å². The third-order valence-electron chi connectivity index (χ3n) is 3.35. The molecule has 2 N–H and O–H groups in total. The van der Waals surface area contributed by atoms with Crippen LogP contribution in [0.25, 0.3) is 0 Å². The van der Waals surface area contributed by atoms with Crippen molar-refractivity contribution in [2.24, 2.45) is 5.73 Å². The zero-order valence-electron chi connectivity index (χ0n) is 10.3. The maximum absolute atomic E-state index is 12.1. The molecule has 0 aromatic heterocycles. The highest BCUT2D eigenvalue weighted by Crippen LogP contribution is 2.34. The quantitative estimate of drug-likeness (QED) is 0.731. The average molecular weight is 212 g/mol. The second-order valence-corrected chi connectivity index (χ2v) is 4.77. The Kier molecular flexibility index (Phi) is 4.14. The highest BCUT2D eigenvalue weighted by Gasteiger charge is 2.48. The Morgan fingerprint density at radius 2 is 2.07 bits per heavy atom. The summed E-state index contributed by atoms with van der Waals surface area (Å²) < 4.78 is 0. The van der Waals surface area contributed by atoms with E-state index in [2.05, 4.69) is 20.8 Å². The maximum atomic E-state index is 12.1. The molecule has 1 atom stereocenters. The number of rotatable bonds is 6. The lowest BCUT2D eigenvalue weighted by Gasteiger charge is -2.31. The molecule has 0 saturated heterocycles. The molecule has 1 fully saturated rings. The molecule has 1 aliphatic rings. The van der Waals surface area contributed by atoms with Gasteiger partial charge in [0, 0.05) is 12.6 Å². The largest absolute Gasteiger partial charge is 0.338 e. The van der Waals surface area contributed by atoms with Crippen LogP contribution in [0.5, 0.6) is 0 Å². The Morgan fingerprint density at radius 3 is 2.47 bits per heavy atom. The lowest BCUT2D eigenvalue weighted by molar-refractivity contribution is -0.135. The molecule has 3 heteroatoms. The van der Waals surface area contributed by atoms with E-state index in [4.69, 9.17) is 5.73 Å². The van der Waals surface area contributed by atoms with Gasteiger partial charge in [0.05, 0.1) is 5.54 Å². The predicted molar refractivity (Wildman–Crippen MR) is 62.5 cm³/mol. The number of hydrogen-bond donors (Lipinski definition) is 1. The van der Waals surface area contributed by atoms with Crippen molar-refractivity contribution in [1.29, 1.82) is 0 Å². The van der Waals surface area contributed by atoms with Crippen LogP contribution in [0.15, 0.2) is 0 Å². The average Bonchev–Trinajstić information content (AvgIpc) is 2.97. The molecule has 15 heavy (non-hydrogen) atoms. The van der Waals surface area contributed by atoms with Crippen LogP contribution in [0.2, 0.25) is 0 Å². The summed E-state index contributed by atoms with van der Waals surface area (Å²) in [5.41, 5.74) is 5.46. The van der Waals surface area contributed by atoms with Crippen LogP contribution in [-0.2, 0) is 4.79 Å². The molecule has 0 heterocycles. The Morgan fingerprint density at radius 1 is 1.47 bits per heavy atom. The first kappa shape index (κ1) is 12.5. The van der Waals surface area contributed by atoms with Gasteiger partial charge in [-0.1, -0.05) is 20.3 Å². The van der Waals surface area contributed by atoms with E-state index in [-0.39, 0.29) is 5.91 Å². The lowest BCUT2D eigenvalue weighted by Crippen LogP contribution is -2.49. The highest BCUT2D eigenvalue weighted by atomic mass is 16.2. The molecule has 0 aliphatic heterocycles. The normalized spacial score (nSPS) is 19.7. The van der Waals surface area contributed by atoms with Gasteiger partial charge in [-0.25, -0.2) is 0 Å². The Bertz CT molecular complexity index is 224. The molecule has 0 aromatic rings. The number of nitrogens with two attached hydrogens (primary N) is 1. The molecule has 1 rings (SSSR count). The number of carbonyl (C=O) groups excluding carboxylic acids is 1. The first-order valence-corrected chi connectivity index (χ1v) is 6.15. The van der Waals surface area contributed by atoms with Crippen molar-refractivity contribution in [2.75, 3.05) is 6.54 Å². The van der Waals surface area contributed by atoms with Crippen LogP contribution in [0.4, 0.5) is 0 Å². The molecule has 0 bridgehead atoms. The molecule has 1 saturated carbocycles. The second-order valence-electron chi connectivity index (χ2n) is 4.77. The number of carbonyl (C=O) groups is 1. The van der Waals surface area contributed by atoms with Crippen molar-refractivity contribution in [3.05, 3.63) is 0 Å². The van der Waals surface area contributed by atoms with Gasteiger partial charge in [0.1, 0.15) is 0 Å². The fraction of sp³-hybridized carbons (Fsp3) is 0.917. The van der Waals surface area contributed by atoms with E-state index >= 15 is 0 Å². The monoisotopic (exact) mass is 212 g/mol. The van der Waals surface area contributed by atoms with Gasteiger partial charge in [0.15, 0.2) is 0 Å². The van der Waals surface area contributed by atoms with Crippen molar-refractivity contribution < 1.29 is 4.79 Å². The predicted octanol–water partition coefficient (Wildman–Crippen LogP) is 1.90. The molecular weight excluding hydrogens is 188 g/mol. The van der Waals surface area contributed by atoms with Crippen LogP contribution < -0.4 is 5.73 Å². The number of hydrogen-bond acceptors (Lipinski definition) is 2. The smallest absolute Gasteiger partial charge is 0.242 e. The number of unbranched alkanes of at least 4 members (excludes halogenated alkanes) is 1. The number of amides is 1. The fourth-order valence-corrected chi connectivity index (χ4v) is 1.71. The minimum Gasteiger partial charge on any atom is -0.338 e. The zero-order valence-corrected chi connectivity index (χ0v) is 10.3. The highest BCUT2D eigenvalue weighted by molar-refractivity contribution is 5.89. The summed E-state index contributed by atoms with van der Waals surface area (Å²) in [6.07, 6.45) is 4.94. The second kappa shape index (κ2) is 4.97. The minimum atomic E-state index is -0.503. The van der Waals surface area contributed by atoms with Gasteiger partial charge in [-0.05, 0) is 32.6 Å². The van der Waals surface area contributed by atoms with E-state index in [1.807, 2.05) is 4.90 Å². The number of nitrogens with zero attached hydrogens (tertiary/aromatic N) is 1. The molecule has 0 spiro atoms. The Labute approximate surface area is 93.0 Å². The van der Waals surface area contributed by atoms with Gasteiger partial charge in [-0.15, -0.1) is 0 Å². The summed E-state index contributed by atoms with van der Waals surface area (Å²) in [7, 11) is 0. The first-order chi connectivity index (χ1) is 7.05. The minimum absolute atomic E-state index is 0.172. The van der Waals surface area contributed by atoms with Gasteiger partial charge >= 0.3 is 0 Å². The van der Waals surface area contributed by atoms with Gasteiger partial charge in [-0.2, -0.15) is 0 Å². The molecule has 0 radical (unpaired) electrons. The van der Waals surface area contributed by atoms with Crippen molar-refractivity contribution in [1.82, 2.24) is 4.90 Å². The molecular formula is C12H24N2O. The van der Waals surface area contributed by atoms with Crippen LogP contribution in [0, 0.1) is 0 Å². The summed E-state index contributed by atoms with van der Waals surface area (Å²) in [6.45, 7) is 7.24. The summed E-state index contributed by atoms with van der Waals surface area (Å²) in [6, 6.07) is 0.324. The van der Waals surface area contributed by atoms with Gasteiger partial charge in [0.2, 0.25) is 5.91 Å². The SMILES string of the molecule is CCCCN(C(=O)C1(N)CC1)C(C)CC. The third kappa shape index (κ3) is 2.94. The third-order valence-corrected chi connectivity index (χ3v) is 3.35. The lowest BCUT2D eigenvalue weighted by atomic mass is 10.1. The molecule has 0 aromatic carbocycles. The van der Waals surface area contributed by atoms with Crippen molar-refractivity contribution in [2.45, 2.75) is 64.5 Å². The van der Waals surface area contributed by atoms with E-state index in [1.54, 1.807) is 0 Å². The topological polar surface area (TPSA) is 46.3 Å². The van der Waals surface area contributed by atoms with Gasteiger partial charge in [0.25, 0.3) is 0 Å². The fourth-order valence-electron chi connectivity index (χ4n) is 1.71. The summed E-state index contributed by atoms with van der Waals surface area (Å²) in [4.78, 5) is 14.1. The van der Waals surface area contributed by atoms with E-state index in [1.165, 1.54) is 0 Å². The maximum Gasteiger partial charge on any atom is 0.242 e. The summed E-state index contributed by atoms with van der Waals surface area (Å²) >= 11 is 0. The Balaban J connectivity index is 2.58. The van der Waals surface area contributed by atoms with E-state index in [9.17, 15) is 4.79 Å². The van der Waals surface area contributed by atoms with Crippen LogP contribution in [0.3, 0.4) is 0 Å². The van der Waals surface area contributed by atoms with E-state index in [0.717, 1.165) is 38.6 Å².